The molecular formula is C25H31N6O2-. The third-order valence-electron chi connectivity index (χ3n) is 6.37. The van der Waals surface area contributed by atoms with E-state index in [1.165, 1.54) is 6.20 Å². The van der Waals surface area contributed by atoms with Gasteiger partial charge in [0, 0.05) is 13.1 Å². The summed E-state index contributed by atoms with van der Waals surface area (Å²) in [5.74, 6) is 1.81. The van der Waals surface area contributed by atoms with E-state index in [0.717, 1.165) is 48.9 Å². The summed E-state index contributed by atoms with van der Waals surface area (Å²) in [6, 6.07) is 18.4. The van der Waals surface area contributed by atoms with Gasteiger partial charge in [0.05, 0.1) is 6.20 Å². The van der Waals surface area contributed by atoms with Crippen LogP contribution in [0.25, 0.3) is 11.1 Å². The Morgan fingerprint density at radius 2 is 1.67 bits per heavy atom. The molecule has 1 aliphatic carbocycles. The lowest BCUT2D eigenvalue weighted by molar-refractivity contribution is 0.288. The molecule has 1 aromatic heterocycles. The maximum atomic E-state index is 11.6. The molecule has 4 rings (SSSR count). The van der Waals surface area contributed by atoms with Crippen LogP contribution in [0.1, 0.15) is 31.2 Å². The molecule has 5 N–H and O–H groups in total. The number of nitrogens with zero attached hydrogens (tertiary/aromatic N) is 3. The summed E-state index contributed by atoms with van der Waals surface area (Å²) in [6.45, 7) is 1.95. The molecule has 1 saturated carbocycles. The van der Waals surface area contributed by atoms with Gasteiger partial charge in [-0.05, 0) is 60.8 Å². The first-order valence-corrected chi connectivity index (χ1v) is 11.5. The van der Waals surface area contributed by atoms with Gasteiger partial charge >= 0.3 is 0 Å². The number of benzene rings is 2. The van der Waals surface area contributed by atoms with E-state index < -0.39 is 0 Å². The van der Waals surface area contributed by atoms with E-state index in [1.807, 2.05) is 30.3 Å². The number of nitrogens with two attached hydrogens (primary N) is 1. The highest BCUT2D eigenvalue weighted by Gasteiger charge is 2.20. The zero-order chi connectivity index (χ0) is 23.0. The van der Waals surface area contributed by atoms with E-state index in [2.05, 4.69) is 44.9 Å². The van der Waals surface area contributed by atoms with Gasteiger partial charge < -0.3 is 26.8 Å². The van der Waals surface area contributed by atoms with Gasteiger partial charge in [-0.15, -0.1) is 0 Å². The van der Waals surface area contributed by atoms with Gasteiger partial charge in [-0.1, -0.05) is 54.6 Å². The third kappa shape index (κ3) is 5.98. The van der Waals surface area contributed by atoms with Crippen LogP contribution in [-0.4, -0.2) is 28.3 Å². The van der Waals surface area contributed by atoms with Gasteiger partial charge in [-0.25, -0.2) is 4.98 Å². The number of hydrogen-bond acceptors (Lipinski definition) is 8. The Hall–Kier alpha value is -3.20. The van der Waals surface area contributed by atoms with Gasteiger partial charge in [-0.2, -0.15) is 4.98 Å². The van der Waals surface area contributed by atoms with Crippen molar-refractivity contribution in [2.45, 2.75) is 32.2 Å². The number of nitrogens with one attached hydrogen (secondary N) is 2. The molecule has 3 aromatic rings. The fraction of sp³-hybridized carbons (Fsp3) is 0.360. The quantitative estimate of drug-likeness (QED) is 0.350. The monoisotopic (exact) mass is 447 g/mol. The molecule has 0 bridgehead atoms. The lowest BCUT2D eigenvalue weighted by atomic mass is 9.82. The van der Waals surface area contributed by atoms with Gasteiger partial charge in [0.1, 0.15) is 5.69 Å². The second kappa shape index (κ2) is 11.1. The molecule has 0 amide bonds. The Labute approximate surface area is 194 Å². The summed E-state index contributed by atoms with van der Waals surface area (Å²) in [7, 11) is 0. The number of aromatic nitrogens is 2. The second-order valence-electron chi connectivity index (χ2n) is 8.58. The van der Waals surface area contributed by atoms with Gasteiger partial charge in [0.2, 0.25) is 5.95 Å². The molecule has 1 aliphatic rings. The minimum atomic E-state index is -0.192. The predicted octanol–water partition coefficient (Wildman–Crippen LogP) is 4.63. The summed E-state index contributed by atoms with van der Waals surface area (Å²) < 4.78 is 0. The maximum Gasteiger partial charge on any atom is 0.225 e. The van der Waals surface area contributed by atoms with E-state index in [0.29, 0.717) is 36.7 Å². The van der Waals surface area contributed by atoms with Crippen molar-refractivity contribution in [3.8, 4) is 11.1 Å². The van der Waals surface area contributed by atoms with Crippen molar-refractivity contribution in [2.24, 2.45) is 17.6 Å². The highest BCUT2D eigenvalue weighted by molar-refractivity contribution is 5.68. The molecule has 2 aromatic carbocycles. The van der Waals surface area contributed by atoms with E-state index >= 15 is 0 Å². The third-order valence-corrected chi connectivity index (χ3v) is 6.37. The normalized spacial score (nSPS) is 18.0. The average molecular weight is 448 g/mol. The van der Waals surface area contributed by atoms with Crippen molar-refractivity contribution in [1.29, 1.82) is 0 Å². The molecule has 0 saturated heterocycles. The smallest absolute Gasteiger partial charge is 0.225 e. The van der Waals surface area contributed by atoms with Crippen LogP contribution in [0.15, 0.2) is 60.8 Å². The van der Waals surface area contributed by atoms with Crippen molar-refractivity contribution >= 4 is 17.5 Å². The maximum absolute atomic E-state index is 11.6. The largest absolute Gasteiger partial charge is 0.733 e. The van der Waals surface area contributed by atoms with Gasteiger partial charge in [0.25, 0.3) is 0 Å². The molecule has 33 heavy (non-hydrogen) atoms. The van der Waals surface area contributed by atoms with Crippen molar-refractivity contribution in [1.82, 2.24) is 9.97 Å². The van der Waals surface area contributed by atoms with Crippen LogP contribution < -0.4 is 21.6 Å². The first-order chi connectivity index (χ1) is 16.1. The molecular weight excluding hydrogens is 416 g/mol. The first-order valence-electron chi connectivity index (χ1n) is 11.5. The molecule has 0 aliphatic heterocycles. The second-order valence-corrected chi connectivity index (χ2v) is 8.58. The van der Waals surface area contributed by atoms with Crippen LogP contribution in [0.2, 0.25) is 0 Å². The van der Waals surface area contributed by atoms with Crippen molar-refractivity contribution in [2.75, 3.05) is 28.9 Å². The van der Waals surface area contributed by atoms with Crippen LogP contribution in [0, 0.1) is 17.0 Å². The van der Waals surface area contributed by atoms with Gasteiger partial charge in [0.15, 0.2) is 5.82 Å². The van der Waals surface area contributed by atoms with E-state index in [4.69, 9.17) is 5.73 Å². The fourth-order valence-corrected chi connectivity index (χ4v) is 4.39. The van der Waals surface area contributed by atoms with Crippen LogP contribution in [0.4, 0.5) is 17.5 Å². The van der Waals surface area contributed by atoms with Gasteiger partial charge in [-0.3, -0.25) is 5.21 Å². The molecule has 1 fully saturated rings. The summed E-state index contributed by atoms with van der Waals surface area (Å²) in [4.78, 5) is 8.69. The zero-order valence-corrected chi connectivity index (χ0v) is 18.7. The predicted molar refractivity (Wildman–Crippen MR) is 132 cm³/mol. The minimum absolute atomic E-state index is 0.000815. The van der Waals surface area contributed by atoms with Crippen LogP contribution in [0.3, 0.4) is 0 Å². The van der Waals surface area contributed by atoms with E-state index in [1.54, 1.807) is 0 Å². The summed E-state index contributed by atoms with van der Waals surface area (Å²) in [6.07, 6.45) is 5.77. The molecule has 174 valence electrons. The summed E-state index contributed by atoms with van der Waals surface area (Å²) >= 11 is 0. The average Bonchev–Trinajstić information content (AvgIpc) is 2.87. The molecule has 1 heterocycles. The first kappa shape index (κ1) is 23.0. The van der Waals surface area contributed by atoms with Crippen LogP contribution >= 0.6 is 0 Å². The topological polar surface area (TPSA) is 122 Å². The lowest BCUT2D eigenvalue weighted by Crippen LogP contribution is -2.26. The molecule has 0 atom stereocenters. The molecule has 8 nitrogen and oxygen atoms in total. The Bertz CT molecular complexity index is 1020. The Morgan fingerprint density at radius 1 is 0.970 bits per heavy atom. The van der Waals surface area contributed by atoms with Crippen molar-refractivity contribution in [3.63, 3.8) is 0 Å². The Kier molecular flexibility index (Phi) is 7.72. The van der Waals surface area contributed by atoms with Crippen molar-refractivity contribution < 1.29 is 5.21 Å². The molecule has 0 unspecified atom stereocenters. The SMILES string of the molecule is NCC1CCC(CNc2nc(NCc3ccccc3-c3ccccc3)ncc2N([O-])O)CC1. The highest BCUT2D eigenvalue weighted by Crippen LogP contribution is 2.30. The number of rotatable bonds is 9. The van der Waals surface area contributed by atoms with Crippen LogP contribution in [0.5, 0.6) is 0 Å². The Morgan fingerprint density at radius 3 is 2.39 bits per heavy atom. The molecule has 0 radical (unpaired) electrons. The number of anilines is 3. The minimum Gasteiger partial charge on any atom is -0.733 e. The standard InChI is InChI=1S/C25H31N6O2/c26-14-18-10-12-19(13-11-18)15-27-24-23(31(32)33)17-29-25(30-24)28-16-21-8-4-5-9-22(21)20-6-2-1-3-7-20/h1-9,17-19,32H,10-16,26H2,(H2,27,28,29,30)/q-1. The zero-order valence-electron chi connectivity index (χ0n) is 18.7. The fourth-order valence-electron chi connectivity index (χ4n) is 4.39. The lowest BCUT2D eigenvalue weighted by Gasteiger charge is -2.29. The summed E-state index contributed by atoms with van der Waals surface area (Å²) in [5.41, 5.74) is 9.17. The molecule has 0 spiro atoms. The Balaban J connectivity index is 1.44. The number of hydrogen-bond donors (Lipinski definition) is 4. The van der Waals surface area contributed by atoms with Crippen LogP contribution in [-0.2, 0) is 6.54 Å². The van der Waals surface area contributed by atoms with E-state index in [-0.39, 0.29) is 10.9 Å². The van der Waals surface area contributed by atoms with E-state index in [9.17, 15) is 10.4 Å². The highest BCUT2D eigenvalue weighted by atomic mass is 16.8. The molecule has 8 heteroatoms. The van der Waals surface area contributed by atoms with Crippen molar-refractivity contribution in [3.05, 3.63) is 71.6 Å². The summed E-state index contributed by atoms with van der Waals surface area (Å²) in [5, 5.41) is 27.4.